The van der Waals surface area contributed by atoms with E-state index in [9.17, 15) is 30.3 Å². The van der Waals surface area contributed by atoms with Gasteiger partial charge in [-0.05, 0) is 0 Å². The van der Waals surface area contributed by atoms with Crippen LogP contribution in [0.4, 0.5) is 34.1 Å². The molecule has 0 unspecified atom stereocenters. The minimum Gasteiger partial charge on any atom is -0.366 e. The second-order valence-electron chi connectivity index (χ2n) is 5.55. The van der Waals surface area contributed by atoms with Crippen molar-refractivity contribution < 1.29 is 14.8 Å². The molecule has 0 fully saturated rings. The first-order chi connectivity index (χ1) is 10.9. The van der Waals surface area contributed by atoms with Crippen LogP contribution < -0.4 is 14.7 Å². The highest BCUT2D eigenvalue weighted by Crippen LogP contribution is 2.55. The van der Waals surface area contributed by atoms with E-state index in [1.54, 1.807) is 0 Å². The summed E-state index contributed by atoms with van der Waals surface area (Å²) in [6, 6.07) is 0. The van der Waals surface area contributed by atoms with E-state index in [2.05, 4.69) is 0 Å². The van der Waals surface area contributed by atoms with Gasteiger partial charge in [0.2, 0.25) is 0 Å². The third-order valence-electron chi connectivity index (χ3n) is 3.24. The predicted molar refractivity (Wildman–Crippen MR) is 89.4 cm³/mol. The molecule has 1 rings (SSSR count). The molecule has 1 aromatic rings. The van der Waals surface area contributed by atoms with Gasteiger partial charge >= 0.3 is 17.1 Å². The molecule has 0 aliphatic rings. The Kier molecular flexibility index (Phi) is 5.12. The molecule has 0 aliphatic heterocycles. The maximum Gasteiger partial charge on any atom is 0.330 e. The predicted octanol–water partition coefficient (Wildman–Crippen LogP) is 1.61. The average molecular weight is 342 g/mol. The van der Waals surface area contributed by atoms with Gasteiger partial charge in [-0.15, -0.1) is 0 Å². The van der Waals surface area contributed by atoms with E-state index in [4.69, 9.17) is 0 Å². The molecule has 0 radical (unpaired) electrons. The first kappa shape index (κ1) is 18.9. The van der Waals surface area contributed by atoms with Crippen molar-refractivity contribution in [1.82, 2.24) is 0 Å². The largest absolute Gasteiger partial charge is 0.366 e. The molecule has 12 heteroatoms. The van der Waals surface area contributed by atoms with Crippen molar-refractivity contribution >= 4 is 34.1 Å². The molecule has 0 bridgehead atoms. The highest BCUT2D eigenvalue weighted by atomic mass is 16.6. The van der Waals surface area contributed by atoms with Crippen LogP contribution in [-0.4, -0.2) is 57.1 Å². The molecular weight excluding hydrogens is 324 g/mol. The van der Waals surface area contributed by atoms with E-state index >= 15 is 0 Å². The fourth-order valence-electron chi connectivity index (χ4n) is 2.46. The summed E-state index contributed by atoms with van der Waals surface area (Å²) in [6.07, 6.45) is 0. The van der Waals surface area contributed by atoms with Crippen molar-refractivity contribution in [1.29, 1.82) is 0 Å². The Morgan fingerprint density at radius 3 is 0.792 bits per heavy atom. The quantitative estimate of drug-likeness (QED) is 0.557. The molecule has 0 N–H and O–H groups in total. The molecule has 0 aliphatic carbocycles. The normalized spacial score (nSPS) is 10.2. The zero-order chi connectivity index (χ0) is 18.9. The Hall–Kier alpha value is -3.18. The zero-order valence-electron chi connectivity index (χ0n) is 14.1. The molecule has 0 aromatic heterocycles. The minimum absolute atomic E-state index is 0.303. The van der Waals surface area contributed by atoms with Gasteiger partial charge in [-0.25, -0.2) is 0 Å². The molecule has 132 valence electrons. The van der Waals surface area contributed by atoms with E-state index in [1.165, 1.54) is 57.0 Å². The molecule has 0 atom stereocenters. The van der Waals surface area contributed by atoms with Crippen LogP contribution in [0.25, 0.3) is 0 Å². The number of hydrogen-bond acceptors (Lipinski definition) is 9. The molecule has 0 spiro atoms. The first-order valence-corrected chi connectivity index (χ1v) is 6.62. The third kappa shape index (κ3) is 2.98. The van der Waals surface area contributed by atoms with Gasteiger partial charge in [0, 0.05) is 42.3 Å². The third-order valence-corrected chi connectivity index (χ3v) is 3.24. The van der Waals surface area contributed by atoms with E-state index in [1.807, 2.05) is 0 Å². The van der Waals surface area contributed by atoms with Crippen LogP contribution in [0, 0.1) is 30.3 Å². The number of rotatable bonds is 6. The average Bonchev–Trinajstić information content (AvgIpc) is 2.42. The lowest BCUT2D eigenvalue weighted by Crippen LogP contribution is -2.23. The van der Waals surface area contributed by atoms with Gasteiger partial charge in [0.05, 0.1) is 14.8 Å². The Labute approximate surface area is 137 Å². The van der Waals surface area contributed by atoms with Crippen molar-refractivity contribution in [3.8, 4) is 0 Å². The Balaban J connectivity index is 4.37. The summed E-state index contributed by atoms with van der Waals surface area (Å²) in [6.45, 7) is 0. The number of anilines is 3. The topological polar surface area (TPSA) is 139 Å². The van der Waals surface area contributed by atoms with Crippen molar-refractivity contribution in [3.05, 3.63) is 30.3 Å². The van der Waals surface area contributed by atoms with Gasteiger partial charge in [-0.3, -0.25) is 30.3 Å². The number of nitrogens with zero attached hydrogens (tertiary/aromatic N) is 6. The van der Waals surface area contributed by atoms with E-state index in [0.717, 1.165) is 0 Å². The Morgan fingerprint density at radius 2 is 0.708 bits per heavy atom. The SMILES string of the molecule is CN(C)c1c([N+](=O)[O-])c(N(C)C)c([N+](=O)[O-])c(N(C)C)c1[N+](=O)[O-]. The molecule has 0 amide bonds. The monoisotopic (exact) mass is 342 g/mol. The fraction of sp³-hybridized carbons (Fsp3) is 0.500. The highest BCUT2D eigenvalue weighted by Gasteiger charge is 2.44. The van der Waals surface area contributed by atoms with Gasteiger partial charge in [0.1, 0.15) is 0 Å². The van der Waals surface area contributed by atoms with Crippen molar-refractivity contribution in [2.75, 3.05) is 57.0 Å². The maximum atomic E-state index is 11.6. The van der Waals surface area contributed by atoms with Crippen LogP contribution in [0.2, 0.25) is 0 Å². The van der Waals surface area contributed by atoms with Crippen LogP contribution in [0.5, 0.6) is 0 Å². The van der Waals surface area contributed by atoms with Gasteiger partial charge in [-0.2, -0.15) is 0 Å². The van der Waals surface area contributed by atoms with Crippen LogP contribution in [-0.2, 0) is 0 Å². The smallest absolute Gasteiger partial charge is 0.330 e. The van der Waals surface area contributed by atoms with E-state index in [0.29, 0.717) is 0 Å². The summed E-state index contributed by atoms with van der Waals surface area (Å²) < 4.78 is 0. The number of nitro benzene ring substituents is 3. The van der Waals surface area contributed by atoms with Crippen LogP contribution in [0.3, 0.4) is 0 Å². The lowest BCUT2D eigenvalue weighted by molar-refractivity contribution is -0.399. The summed E-state index contributed by atoms with van der Waals surface area (Å²) in [5.74, 6) is 0. The van der Waals surface area contributed by atoms with Gasteiger partial charge in [0.25, 0.3) is 0 Å². The molecule has 1 aromatic carbocycles. The summed E-state index contributed by atoms with van der Waals surface area (Å²) in [4.78, 5) is 35.8. The van der Waals surface area contributed by atoms with E-state index in [-0.39, 0.29) is 17.1 Å². The Morgan fingerprint density at radius 1 is 0.542 bits per heavy atom. The van der Waals surface area contributed by atoms with Crippen LogP contribution in [0.15, 0.2) is 0 Å². The molecule has 12 nitrogen and oxygen atoms in total. The molecular formula is C12H18N6O6. The van der Waals surface area contributed by atoms with Crippen molar-refractivity contribution in [2.24, 2.45) is 0 Å². The first-order valence-electron chi connectivity index (χ1n) is 6.62. The second-order valence-corrected chi connectivity index (χ2v) is 5.55. The lowest BCUT2D eigenvalue weighted by Gasteiger charge is -2.23. The van der Waals surface area contributed by atoms with Gasteiger partial charge in [-0.1, -0.05) is 0 Å². The minimum atomic E-state index is -0.843. The van der Waals surface area contributed by atoms with Gasteiger partial charge in [0.15, 0.2) is 17.1 Å². The van der Waals surface area contributed by atoms with Crippen LogP contribution in [0.1, 0.15) is 0 Å². The lowest BCUT2D eigenvalue weighted by atomic mass is 10.1. The summed E-state index contributed by atoms with van der Waals surface area (Å²) >= 11 is 0. The van der Waals surface area contributed by atoms with Gasteiger partial charge < -0.3 is 14.7 Å². The summed E-state index contributed by atoms with van der Waals surface area (Å²) in [5, 5.41) is 34.7. The molecule has 24 heavy (non-hydrogen) atoms. The summed E-state index contributed by atoms with van der Waals surface area (Å²) in [5.41, 5.74) is -2.97. The standard InChI is InChI=1S/C12H18N6O6/c1-13(2)7-10(16(19)20)8(14(3)4)12(18(23)24)9(15(5)6)11(7)17(21)22/h1-6H3. The molecule has 0 saturated carbocycles. The number of benzene rings is 1. The Bertz CT molecular complexity index is 598. The maximum absolute atomic E-state index is 11.6. The van der Waals surface area contributed by atoms with Crippen LogP contribution >= 0.6 is 0 Å². The number of hydrogen-bond donors (Lipinski definition) is 0. The molecule has 0 heterocycles. The fourth-order valence-corrected chi connectivity index (χ4v) is 2.46. The zero-order valence-corrected chi connectivity index (χ0v) is 14.1. The van der Waals surface area contributed by atoms with Crippen molar-refractivity contribution in [2.45, 2.75) is 0 Å². The van der Waals surface area contributed by atoms with E-state index < -0.39 is 31.8 Å². The number of nitro groups is 3. The second kappa shape index (κ2) is 6.52. The molecule has 0 saturated heterocycles. The van der Waals surface area contributed by atoms with Crippen molar-refractivity contribution in [3.63, 3.8) is 0 Å². The summed E-state index contributed by atoms with van der Waals surface area (Å²) in [7, 11) is 8.42. The highest BCUT2D eigenvalue weighted by molar-refractivity contribution is 6.00.